The summed E-state index contributed by atoms with van der Waals surface area (Å²) in [5, 5.41) is 11.0. The van der Waals surface area contributed by atoms with Crippen LogP contribution in [0.5, 0.6) is 0 Å². The van der Waals surface area contributed by atoms with Crippen LogP contribution in [-0.2, 0) is 0 Å². The summed E-state index contributed by atoms with van der Waals surface area (Å²) in [6, 6.07) is 5.59. The summed E-state index contributed by atoms with van der Waals surface area (Å²) in [6.45, 7) is 5.70. The van der Waals surface area contributed by atoms with Crippen LogP contribution in [0.3, 0.4) is 0 Å². The van der Waals surface area contributed by atoms with Crippen molar-refractivity contribution in [2.75, 3.05) is 13.1 Å². The maximum atomic E-state index is 12.5. The molecule has 1 aliphatic heterocycles. The number of halogens is 2. The van der Waals surface area contributed by atoms with Crippen LogP contribution >= 0.6 is 24.0 Å². The Labute approximate surface area is 152 Å². The molecule has 3 heterocycles. The molecule has 1 fully saturated rings. The molecule has 6 nitrogen and oxygen atoms in total. The first-order chi connectivity index (χ1) is 11.0. The molecule has 1 amide bonds. The summed E-state index contributed by atoms with van der Waals surface area (Å²) >= 11 is 6.18. The van der Waals surface area contributed by atoms with Crippen molar-refractivity contribution < 1.29 is 4.79 Å². The average molecular weight is 370 g/mol. The third-order valence-corrected chi connectivity index (χ3v) is 4.25. The van der Waals surface area contributed by atoms with Gasteiger partial charge in [-0.2, -0.15) is 5.10 Å². The minimum absolute atomic E-state index is 0. The number of hydrogen-bond donors (Lipinski definition) is 2. The van der Waals surface area contributed by atoms with Crippen LogP contribution in [-0.4, -0.2) is 39.8 Å². The van der Waals surface area contributed by atoms with Crippen LogP contribution in [0.15, 0.2) is 18.2 Å². The van der Waals surface area contributed by atoms with E-state index in [1.165, 1.54) is 0 Å². The standard InChI is InChI=1S/C16H20ClN5O.ClH/c1-10-9-11(2)22(21-10)14-4-3-13(17)15(20-14)16(23)19-12-5-7-18-8-6-12;/h3-4,9,12,18H,5-8H2,1-2H3,(H,19,23);1H. The number of nitrogens with one attached hydrogen (secondary N) is 2. The summed E-state index contributed by atoms with van der Waals surface area (Å²) < 4.78 is 1.72. The third kappa shape index (κ3) is 4.06. The number of aryl methyl sites for hydroxylation is 2. The first-order valence-electron chi connectivity index (χ1n) is 7.76. The summed E-state index contributed by atoms with van der Waals surface area (Å²) in [5.74, 6) is 0.362. The monoisotopic (exact) mass is 369 g/mol. The zero-order chi connectivity index (χ0) is 16.4. The van der Waals surface area contributed by atoms with E-state index in [1.807, 2.05) is 19.9 Å². The fourth-order valence-electron chi connectivity index (χ4n) is 2.79. The van der Waals surface area contributed by atoms with Gasteiger partial charge in [0, 0.05) is 11.7 Å². The summed E-state index contributed by atoms with van der Waals surface area (Å²) in [4.78, 5) is 16.9. The molecule has 2 aromatic heterocycles. The summed E-state index contributed by atoms with van der Waals surface area (Å²) in [6.07, 6.45) is 1.83. The number of pyridine rings is 1. The van der Waals surface area contributed by atoms with E-state index in [9.17, 15) is 4.79 Å². The minimum Gasteiger partial charge on any atom is -0.348 e. The minimum atomic E-state index is -0.231. The number of amides is 1. The molecule has 0 aromatic carbocycles. The van der Waals surface area contributed by atoms with Gasteiger partial charge in [0.05, 0.1) is 10.7 Å². The average Bonchev–Trinajstić information content (AvgIpc) is 2.87. The molecule has 0 atom stereocenters. The maximum Gasteiger partial charge on any atom is 0.271 e. The van der Waals surface area contributed by atoms with Gasteiger partial charge in [-0.3, -0.25) is 4.79 Å². The van der Waals surface area contributed by atoms with Gasteiger partial charge in [0.1, 0.15) is 5.69 Å². The number of piperidine rings is 1. The molecular formula is C16H21Cl2N5O. The SMILES string of the molecule is Cc1cc(C)n(-c2ccc(Cl)c(C(=O)NC3CCNCC3)n2)n1.Cl. The van der Waals surface area contributed by atoms with Crippen LogP contribution in [0.4, 0.5) is 0 Å². The predicted octanol–water partition coefficient (Wildman–Crippen LogP) is 2.44. The number of carbonyl (C=O) groups is 1. The molecule has 0 bridgehead atoms. The molecule has 1 aliphatic rings. The van der Waals surface area contributed by atoms with E-state index >= 15 is 0 Å². The van der Waals surface area contributed by atoms with Gasteiger partial charge in [0.15, 0.2) is 5.82 Å². The van der Waals surface area contributed by atoms with Gasteiger partial charge in [-0.15, -0.1) is 12.4 Å². The molecule has 2 aromatic rings. The normalized spacial score (nSPS) is 15.0. The smallest absolute Gasteiger partial charge is 0.271 e. The fraction of sp³-hybridized carbons (Fsp3) is 0.438. The van der Waals surface area contributed by atoms with Crippen molar-refractivity contribution in [1.29, 1.82) is 0 Å². The molecular weight excluding hydrogens is 349 g/mol. The van der Waals surface area contributed by atoms with E-state index in [0.29, 0.717) is 10.8 Å². The third-order valence-electron chi connectivity index (χ3n) is 3.95. The van der Waals surface area contributed by atoms with Crippen LogP contribution in [0.25, 0.3) is 5.82 Å². The topological polar surface area (TPSA) is 71.8 Å². The summed E-state index contributed by atoms with van der Waals surface area (Å²) in [5.41, 5.74) is 2.11. The van der Waals surface area contributed by atoms with E-state index in [0.717, 1.165) is 37.3 Å². The highest BCUT2D eigenvalue weighted by atomic mass is 35.5. The zero-order valence-electron chi connectivity index (χ0n) is 13.7. The molecule has 0 unspecified atom stereocenters. The van der Waals surface area contributed by atoms with Crippen molar-refractivity contribution in [3.8, 4) is 5.82 Å². The molecule has 0 spiro atoms. The first-order valence-corrected chi connectivity index (χ1v) is 8.14. The lowest BCUT2D eigenvalue weighted by molar-refractivity contribution is 0.0924. The van der Waals surface area contributed by atoms with Crippen molar-refractivity contribution in [2.45, 2.75) is 32.7 Å². The Kier molecular flexibility index (Phi) is 6.21. The molecule has 0 aliphatic carbocycles. The van der Waals surface area contributed by atoms with Crippen LogP contribution in [0.1, 0.15) is 34.7 Å². The molecule has 130 valence electrons. The molecule has 2 N–H and O–H groups in total. The number of rotatable bonds is 3. The van der Waals surface area contributed by atoms with Crippen LogP contribution < -0.4 is 10.6 Å². The second kappa shape index (κ2) is 7.96. The van der Waals surface area contributed by atoms with Crippen molar-refractivity contribution in [2.24, 2.45) is 0 Å². The molecule has 1 saturated heterocycles. The van der Waals surface area contributed by atoms with Gasteiger partial charge < -0.3 is 10.6 Å². The van der Waals surface area contributed by atoms with Gasteiger partial charge in [-0.05, 0) is 58.0 Å². The van der Waals surface area contributed by atoms with Gasteiger partial charge in [-0.1, -0.05) is 11.6 Å². The van der Waals surface area contributed by atoms with E-state index in [1.54, 1.807) is 16.8 Å². The molecule has 0 saturated carbocycles. The molecule has 3 rings (SSSR count). The fourth-order valence-corrected chi connectivity index (χ4v) is 2.98. The zero-order valence-corrected chi connectivity index (χ0v) is 15.2. The lowest BCUT2D eigenvalue weighted by Gasteiger charge is -2.23. The highest BCUT2D eigenvalue weighted by Gasteiger charge is 2.20. The Bertz CT molecular complexity index is 725. The second-order valence-electron chi connectivity index (χ2n) is 5.84. The van der Waals surface area contributed by atoms with Gasteiger partial charge in [0.2, 0.25) is 0 Å². The van der Waals surface area contributed by atoms with Crippen molar-refractivity contribution in [3.05, 3.63) is 40.3 Å². The Morgan fingerprint density at radius 3 is 2.67 bits per heavy atom. The Hall–Kier alpha value is -1.63. The largest absolute Gasteiger partial charge is 0.348 e. The highest BCUT2D eigenvalue weighted by Crippen LogP contribution is 2.18. The first kappa shape index (κ1) is 18.7. The number of nitrogens with zero attached hydrogens (tertiary/aromatic N) is 3. The lowest BCUT2D eigenvalue weighted by Crippen LogP contribution is -2.43. The second-order valence-corrected chi connectivity index (χ2v) is 6.24. The van der Waals surface area contributed by atoms with Gasteiger partial charge >= 0.3 is 0 Å². The quantitative estimate of drug-likeness (QED) is 0.871. The van der Waals surface area contributed by atoms with E-state index in [2.05, 4.69) is 20.7 Å². The van der Waals surface area contributed by atoms with Crippen molar-refractivity contribution in [1.82, 2.24) is 25.4 Å². The Morgan fingerprint density at radius 1 is 1.33 bits per heavy atom. The van der Waals surface area contributed by atoms with Crippen molar-refractivity contribution in [3.63, 3.8) is 0 Å². The maximum absolute atomic E-state index is 12.5. The van der Waals surface area contributed by atoms with Crippen LogP contribution in [0.2, 0.25) is 5.02 Å². The van der Waals surface area contributed by atoms with Gasteiger partial charge in [-0.25, -0.2) is 9.67 Å². The predicted molar refractivity (Wildman–Crippen MR) is 96.4 cm³/mol. The highest BCUT2D eigenvalue weighted by molar-refractivity contribution is 6.33. The Morgan fingerprint density at radius 2 is 2.04 bits per heavy atom. The number of carbonyl (C=O) groups excluding carboxylic acids is 1. The van der Waals surface area contributed by atoms with Crippen LogP contribution in [0, 0.1) is 13.8 Å². The number of aromatic nitrogens is 3. The molecule has 24 heavy (non-hydrogen) atoms. The number of hydrogen-bond acceptors (Lipinski definition) is 4. The van der Waals surface area contributed by atoms with Gasteiger partial charge in [0.25, 0.3) is 5.91 Å². The van der Waals surface area contributed by atoms with E-state index in [-0.39, 0.29) is 30.0 Å². The lowest BCUT2D eigenvalue weighted by atomic mass is 10.1. The van der Waals surface area contributed by atoms with E-state index < -0.39 is 0 Å². The van der Waals surface area contributed by atoms with Crippen molar-refractivity contribution >= 4 is 29.9 Å². The molecule has 8 heteroatoms. The molecule has 0 radical (unpaired) electrons. The Balaban J connectivity index is 0.00000208. The summed E-state index contributed by atoms with van der Waals surface area (Å²) in [7, 11) is 0. The van der Waals surface area contributed by atoms with E-state index in [4.69, 9.17) is 11.6 Å².